The lowest BCUT2D eigenvalue weighted by atomic mass is 9.87. The van der Waals surface area contributed by atoms with Gasteiger partial charge in [0.2, 0.25) is 0 Å². The minimum absolute atomic E-state index is 0.189. The maximum Gasteiger partial charge on any atom is 0.0366 e. The minimum Gasteiger partial charge on any atom is -0.372 e. The zero-order valence-electron chi connectivity index (χ0n) is 17.3. The van der Waals surface area contributed by atoms with Gasteiger partial charge < -0.3 is 4.90 Å². The van der Waals surface area contributed by atoms with Crippen LogP contribution in [0, 0.1) is 10.8 Å². The molecule has 1 nitrogen and oxygen atoms in total. The summed E-state index contributed by atoms with van der Waals surface area (Å²) in [4.78, 5) is 3.88. The Morgan fingerprint density at radius 1 is 0.920 bits per heavy atom. The van der Waals surface area contributed by atoms with E-state index in [0.29, 0.717) is 5.25 Å². The Morgan fingerprint density at radius 3 is 1.92 bits per heavy atom. The van der Waals surface area contributed by atoms with Crippen LogP contribution in [0.2, 0.25) is 0 Å². The summed E-state index contributed by atoms with van der Waals surface area (Å²) in [5, 5.41) is 0.504. The number of hydrogen-bond acceptors (Lipinski definition) is 2. The van der Waals surface area contributed by atoms with E-state index in [-0.39, 0.29) is 10.8 Å². The predicted molar refractivity (Wildman–Crippen MR) is 116 cm³/mol. The predicted octanol–water partition coefficient (Wildman–Crippen LogP) is 7.01. The summed E-state index contributed by atoms with van der Waals surface area (Å²) in [5.74, 6) is 0. The molecule has 1 unspecified atom stereocenters. The summed E-state index contributed by atoms with van der Waals surface area (Å²) in [5.41, 5.74) is 4.45. The summed E-state index contributed by atoms with van der Waals surface area (Å²) < 4.78 is 0. The Hall–Kier alpha value is -1.15. The van der Waals surface area contributed by atoms with Crippen LogP contribution in [-0.2, 0) is 0 Å². The lowest BCUT2D eigenvalue weighted by molar-refractivity contribution is 0.431. The van der Waals surface area contributed by atoms with Gasteiger partial charge in [-0.2, -0.15) is 0 Å². The number of thioether (sulfide) groups is 1. The average Bonchev–Trinajstić information content (AvgIpc) is 2.54. The van der Waals surface area contributed by atoms with Crippen molar-refractivity contribution in [2.45, 2.75) is 60.6 Å². The Bertz CT molecular complexity index is 634. The Balaban J connectivity index is 2.40. The fraction of sp³-hybridized carbons (Fsp3) is 0.565. The number of benzene rings is 1. The molecule has 2 heteroatoms. The van der Waals surface area contributed by atoms with Crippen molar-refractivity contribution in [1.82, 2.24) is 0 Å². The van der Waals surface area contributed by atoms with E-state index >= 15 is 0 Å². The van der Waals surface area contributed by atoms with Crippen molar-refractivity contribution in [3.8, 4) is 0 Å². The van der Waals surface area contributed by atoms with Crippen LogP contribution in [0.15, 0.2) is 41.3 Å². The molecule has 1 aliphatic heterocycles. The first-order valence-corrected chi connectivity index (χ1v) is 10.4. The maximum absolute atomic E-state index is 2.46. The van der Waals surface area contributed by atoms with Crippen molar-refractivity contribution in [2.75, 3.05) is 18.0 Å². The zero-order valence-corrected chi connectivity index (χ0v) is 18.1. The van der Waals surface area contributed by atoms with Gasteiger partial charge in [0.15, 0.2) is 0 Å². The van der Waals surface area contributed by atoms with Crippen molar-refractivity contribution in [2.24, 2.45) is 10.8 Å². The summed E-state index contributed by atoms with van der Waals surface area (Å²) in [6.45, 7) is 20.5. The van der Waals surface area contributed by atoms with E-state index in [4.69, 9.17) is 0 Å². The van der Waals surface area contributed by atoms with Crippen LogP contribution in [0.25, 0.3) is 5.57 Å². The molecule has 1 aromatic carbocycles. The highest BCUT2D eigenvalue weighted by atomic mass is 32.2. The first-order valence-electron chi connectivity index (χ1n) is 9.52. The van der Waals surface area contributed by atoms with Crippen molar-refractivity contribution in [3.05, 3.63) is 46.9 Å². The zero-order chi connectivity index (χ0) is 18.8. The summed E-state index contributed by atoms with van der Waals surface area (Å²) >= 11 is 2.04. The Labute approximate surface area is 159 Å². The molecular formula is C23H35NS. The fourth-order valence-electron chi connectivity index (χ4n) is 3.01. The first-order chi connectivity index (χ1) is 11.6. The van der Waals surface area contributed by atoms with Crippen molar-refractivity contribution in [1.29, 1.82) is 0 Å². The van der Waals surface area contributed by atoms with E-state index in [1.807, 2.05) is 11.8 Å². The molecule has 0 fully saturated rings. The van der Waals surface area contributed by atoms with Gasteiger partial charge in [-0.1, -0.05) is 59.8 Å². The Morgan fingerprint density at radius 2 is 1.48 bits per heavy atom. The van der Waals surface area contributed by atoms with E-state index < -0.39 is 0 Å². The van der Waals surface area contributed by atoms with Gasteiger partial charge in [0.1, 0.15) is 0 Å². The van der Waals surface area contributed by atoms with Crippen LogP contribution >= 0.6 is 11.8 Å². The number of rotatable bonds is 4. The van der Waals surface area contributed by atoms with E-state index in [1.165, 1.54) is 21.7 Å². The largest absolute Gasteiger partial charge is 0.372 e. The topological polar surface area (TPSA) is 3.24 Å². The van der Waals surface area contributed by atoms with E-state index in [9.17, 15) is 0 Å². The van der Waals surface area contributed by atoms with E-state index in [2.05, 4.69) is 96.7 Å². The lowest BCUT2D eigenvalue weighted by Crippen LogP contribution is -2.25. The van der Waals surface area contributed by atoms with Gasteiger partial charge in [-0.25, -0.2) is 0 Å². The highest BCUT2D eigenvalue weighted by molar-refractivity contribution is 8.04. The molecule has 0 N–H and O–H groups in total. The molecule has 0 amide bonds. The quantitative estimate of drug-likeness (QED) is 0.570. The number of anilines is 1. The first kappa shape index (κ1) is 20.2. The maximum atomic E-state index is 2.46. The molecule has 0 saturated heterocycles. The second-order valence-corrected chi connectivity index (χ2v) is 10.2. The van der Waals surface area contributed by atoms with Crippen LogP contribution in [0.3, 0.4) is 0 Å². The number of nitrogens with zero attached hydrogens (tertiary/aromatic N) is 1. The second kappa shape index (κ2) is 7.61. The van der Waals surface area contributed by atoms with Gasteiger partial charge in [-0.15, -0.1) is 11.8 Å². The van der Waals surface area contributed by atoms with Gasteiger partial charge in [-0.05, 0) is 58.9 Å². The number of hydrogen-bond donors (Lipinski definition) is 0. The highest BCUT2D eigenvalue weighted by Crippen LogP contribution is 2.48. The molecule has 0 aliphatic carbocycles. The van der Waals surface area contributed by atoms with Crippen molar-refractivity contribution < 1.29 is 0 Å². The monoisotopic (exact) mass is 357 g/mol. The van der Waals surface area contributed by atoms with Gasteiger partial charge in [0, 0.05) is 24.0 Å². The van der Waals surface area contributed by atoms with Gasteiger partial charge in [0.05, 0.1) is 0 Å². The second-order valence-electron chi connectivity index (χ2n) is 9.00. The number of allylic oxidation sites excluding steroid dienone is 3. The molecule has 1 aromatic rings. The van der Waals surface area contributed by atoms with Crippen LogP contribution in [-0.4, -0.2) is 18.3 Å². The standard InChI is InChI=1S/C23H35NS/c1-9-24(10-2)19-13-11-17(12-14-19)18-15-20(22(3,4)5)25-21(16-18)23(6,7)8/h11-16,20H,9-10H2,1-8H3. The lowest BCUT2D eigenvalue weighted by Gasteiger charge is -2.36. The van der Waals surface area contributed by atoms with Crippen LogP contribution in [0.5, 0.6) is 0 Å². The molecule has 0 saturated carbocycles. The van der Waals surface area contributed by atoms with Gasteiger partial charge >= 0.3 is 0 Å². The molecule has 25 heavy (non-hydrogen) atoms. The molecule has 0 bridgehead atoms. The SMILES string of the molecule is CCN(CC)c1ccc(C2=CC(C(C)(C)C)SC(C(C)(C)C)=C2)cc1. The minimum atomic E-state index is 0.189. The van der Waals surface area contributed by atoms with Crippen molar-refractivity contribution >= 4 is 23.0 Å². The Kier molecular flexibility index (Phi) is 6.14. The van der Waals surface area contributed by atoms with Crippen LogP contribution < -0.4 is 4.90 Å². The summed E-state index contributed by atoms with van der Waals surface area (Å²) in [6, 6.07) is 9.10. The molecule has 1 aliphatic rings. The van der Waals surface area contributed by atoms with E-state index in [0.717, 1.165) is 13.1 Å². The fourth-order valence-corrected chi connectivity index (χ4v) is 4.40. The third kappa shape index (κ3) is 4.94. The molecule has 1 atom stereocenters. The van der Waals surface area contributed by atoms with E-state index in [1.54, 1.807) is 0 Å². The van der Waals surface area contributed by atoms with Crippen LogP contribution in [0.4, 0.5) is 5.69 Å². The molecule has 0 radical (unpaired) electrons. The molecule has 0 spiro atoms. The molecule has 138 valence electrons. The molecular weight excluding hydrogens is 322 g/mol. The average molecular weight is 358 g/mol. The van der Waals surface area contributed by atoms with Crippen molar-refractivity contribution in [3.63, 3.8) is 0 Å². The van der Waals surface area contributed by atoms with Crippen LogP contribution in [0.1, 0.15) is 61.0 Å². The molecule has 0 aromatic heterocycles. The third-order valence-electron chi connectivity index (χ3n) is 4.79. The third-order valence-corrected chi connectivity index (χ3v) is 6.87. The summed E-state index contributed by atoms with van der Waals surface area (Å²) in [7, 11) is 0. The smallest absolute Gasteiger partial charge is 0.0366 e. The normalized spacial score (nSPS) is 18.6. The molecule has 1 heterocycles. The molecule has 2 rings (SSSR count). The highest BCUT2D eigenvalue weighted by Gasteiger charge is 2.31. The summed E-state index contributed by atoms with van der Waals surface area (Å²) in [6.07, 6.45) is 4.87. The van der Waals surface area contributed by atoms with Gasteiger partial charge in [-0.3, -0.25) is 0 Å². The van der Waals surface area contributed by atoms with Gasteiger partial charge in [0.25, 0.3) is 0 Å².